The Labute approximate surface area is 208 Å². The lowest BCUT2D eigenvalue weighted by Gasteiger charge is -2.19. The van der Waals surface area contributed by atoms with E-state index in [4.69, 9.17) is 23.8 Å². The number of H-pyrrole nitrogens is 1. The molecule has 0 radical (unpaired) electrons. The van der Waals surface area contributed by atoms with Crippen LogP contribution in [0.2, 0.25) is 5.02 Å². The van der Waals surface area contributed by atoms with Crippen LogP contribution in [0.25, 0.3) is 11.4 Å². The van der Waals surface area contributed by atoms with E-state index in [9.17, 15) is 4.79 Å². The van der Waals surface area contributed by atoms with Crippen molar-refractivity contribution in [1.82, 2.24) is 20.1 Å². The summed E-state index contributed by atoms with van der Waals surface area (Å²) in [6.07, 6.45) is 1.10. The number of aromatic nitrogens is 3. The SMILES string of the molecule is O=C(Cn1c(-c2ccc(Cl)cc2)n[nH]c1=S)NCc1ccc(CN2CCc3ccccc32)cc1. The first kappa shape index (κ1) is 22.4. The molecule has 0 bridgehead atoms. The van der Waals surface area contributed by atoms with Gasteiger partial charge in [-0.25, -0.2) is 0 Å². The molecule has 34 heavy (non-hydrogen) atoms. The van der Waals surface area contributed by atoms with Crippen molar-refractivity contribution < 1.29 is 4.79 Å². The number of rotatable bonds is 7. The van der Waals surface area contributed by atoms with Crippen LogP contribution in [0.15, 0.2) is 72.8 Å². The highest BCUT2D eigenvalue weighted by Crippen LogP contribution is 2.28. The number of anilines is 1. The van der Waals surface area contributed by atoms with Crippen molar-refractivity contribution in [3.8, 4) is 11.4 Å². The van der Waals surface area contributed by atoms with E-state index in [0.717, 1.165) is 30.6 Å². The Kier molecular flexibility index (Phi) is 6.47. The number of hydrogen-bond acceptors (Lipinski definition) is 4. The number of amides is 1. The standard InChI is InChI=1S/C26H24ClN5OS/c27-22-11-9-21(10-12-22)25-29-30-26(34)32(25)17-24(33)28-15-18-5-7-19(8-6-18)16-31-14-13-20-3-1-2-4-23(20)31/h1-12H,13-17H2,(H,28,33)(H,30,34). The molecule has 0 atom stereocenters. The Morgan fingerprint density at radius 3 is 2.56 bits per heavy atom. The van der Waals surface area contributed by atoms with Crippen LogP contribution in [0.1, 0.15) is 16.7 Å². The lowest BCUT2D eigenvalue weighted by molar-refractivity contribution is -0.121. The molecule has 0 aliphatic carbocycles. The third-order valence-corrected chi connectivity index (χ3v) is 6.60. The molecule has 0 saturated heterocycles. The van der Waals surface area contributed by atoms with Crippen LogP contribution >= 0.6 is 23.8 Å². The minimum absolute atomic E-state index is 0.0831. The lowest BCUT2D eigenvalue weighted by Crippen LogP contribution is -2.27. The molecule has 1 aromatic heterocycles. The molecule has 0 saturated carbocycles. The highest BCUT2D eigenvalue weighted by molar-refractivity contribution is 7.71. The van der Waals surface area contributed by atoms with Crippen molar-refractivity contribution in [3.05, 3.63) is 99.3 Å². The third-order valence-electron chi connectivity index (χ3n) is 6.03. The monoisotopic (exact) mass is 489 g/mol. The van der Waals surface area contributed by atoms with Gasteiger partial charge in [-0.3, -0.25) is 14.5 Å². The minimum Gasteiger partial charge on any atom is -0.367 e. The molecule has 5 rings (SSSR count). The first-order valence-electron chi connectivity index (χ1n) is 11.2. The zero-order valence-corrected chi connectivity index (χ0v) is 20.1. The van der Waals surface area contributed by atoms with Gasteiger partial charge in [0.15, 0.2) is 10.6 Å². The number of nitrogens with one attached hydrogen (secondary N) is 2. The summed E-state index contributed by atoms with van der Waals surface area (Å²) in [5, 5.41) is 10.7. The van der Waals surface area contributed by atoms with E-state index in [1.165, 1.54) is 16.8 Å². The van der Waals surface area contributed by atoms with Crippen LogP contribution in [0.5, 0.6) is 0 Å². The molecular weight excluding hydrogens is 466 g/mol. The van der Waals surface area contributed by atoms with Gasteiger partial charge in [-0.2, -0.15) is 5.10 Å². The number of para-hydroxylation sites is 1. The number of halogens is 1. The fourth-order valence-corrected chi connectivity index (χ4v) is 4.56. The van der Waals surface area contributed by atoms with Crippen molar-refractivity contribution in [1.29, 1.82) is 0 Å². The molecular formula is C26H24ClN5OS. The van der Waals surface area contributed by atoms with Gasteiger partial charge in [-0.1, -0.05) is 54.1 Å². The summed E-state index contributed by atoms with van der Waals surface area (Å²) >= 11 is 11.3. The van der Waals surface area contributed by atoms with E-state index in [0.29, 0.717) is 22.2 Å². The Bertz CT molecular complexity index is 1360. The second kappa shape index (κ2) is 9.83. The summed E-state index contributed by atoms with van der Waals surface area (Å²) in [7, 11) is 0. The van der Waals surface area contributed by atoms with E-state index in [1.807, 2.05) is 12.1 Å². The summed E-state index contributed by atoms with van der Waals surface area (Å²) in [6, 6.07) is 24.3. The molecule has 172 valence electrons. The Balaban J connectivity index is 1.18. The molecule has 1 aliphatic rings. The normalized spacial score (nSPS) is 12.6. The maximum atomic E-state index is 12.6. The molecule has 8 heteroatoms. The van der Waals surface area contributed by atoms with E-state index in [-0.39, 0.29) is 12.5 Å². The largest absolute Gasteiger partial charge is 0.367 e. The number of benzene rings is 3. The number of carbonyl (C=O) groups is 1. The van der Waals surface area contributed by atoms with Crippen molar-refractivity contribution in [2.24, 2.45) is 0 Å². The van der Waals surface area contributed by atoms with Gasteiger partial charge in [0.05, 0.1) is 0 Å². The predicted molar refractivity (Wildman–Crippen MR) is 137 cm³/mol. The van der Waals surface area contributed by atoms with Gasteiger partial charge >= 0.3 is 0 Å². The molecule has 4 aromatic rings. The quantitative estimate of drug-likeness (QED) is 0.353. The zero-order valence-electron chi connectivity index (χ0n) is 18.5. The summed E-state index contributed by atoms with van der Waals surface area (Å²) in [5.74, 6) is 0.468. The van der Waals surface area contributed by atoms with Crippen LogP contribution in [0.4, 0.5) is 5.69 Å². The van der Waals surface area contributed by atoms with Gasteiger partial charge in [-0.15, -0.1) is 0 Å². The number of nitrogens with zero attached hydrogens (tertiary/aromatic N) is 3. The number of carbonyl (C=O) groups excluding carboxylic acids is 1. The second-order valence-electron chi connectivity index (χ2n) is 8.34. The fourth-order valence-electron chi connectivity index (χ4n) is 4.24. The number of fused-ring (bicyclic) bond motifs is 1. The summed E-state index contributed by atoms with van der Waals surface area (Å²) in [6.45, 7) is 2.47. The average molecular weight is 490 g/mol. The van der Waals surface area contributed by atoms with E-state index < -0.39 is 0 Å². The third kappa shape index (κ3) is 4.90. The van der Waals surface area contributed by atoms with Crippen LogP contribution < -0.4 is 10.2 Å². The topological polar surface area (TPSA) is 66.0 Å². The molecule has 0 unspecified atom stereocenters. The summed E-state index contributed by atoms with van der Waals surface area (Å²) in [4.78, 5) is 15.1. The summed E-state index contributed by atoms with van der Waals surface area (Å²) in [5.41, 5.74) is 5.88. The zero-order chi connectivity index (χ0) is 23.5. The number of hydrogen-bond donors (Lipinski definition) is 2. The van der Waals surface area contributed by atoms with Crippen molar-refractivity contribution in [2.45, 2.75) is 26.1 Å². The molecule has 3 aromatic carbocycles. The molecule has 0 spiro atoms. The molecule has 1 aliphatic heterocycles. The van der Waals surface area contributed by atoms with Gasteiger partial charge in [-0.05, 0) is 65.7 Å². The van der Waals surface area contributed by atoms with Crippen LogP contribution in [0.3, 0.4) is 0 Å². The van der Waals surface area contributed by atoms with Crippen LogP contribution in [-0.2, 0) is 30.8 Å². The Morgan fingerprint density at radius 1 is 1.03 bits per heavy atom. The van der Waals surface area contributed by atoms with Gasteiger partial charge in [0.1, 0.15) is 6.54 Å². The molecule has 6 nitrogen and oxygen atoms in total. The Morgan fingerprint density at radius 2 is 1.76 bits per heavy atom. The van der Waals surface area contributed by atoms with Crippen molar-refractivity contribution in [3.63, 3.8) is 0 Å². The van der Waals surface area contributed by atoms with E-state index in [1.54, 1.807) is 16.7 Å². The van der Waals surface area contributed by atoms with Crippen LogP contribution in [-0.4, -0.2) is 27.2 Å². The maximum absolute atomic E-state index is 12.6. The minimum atomic E-state index is -0.134. The highest BCUT2D eigenvalue weighted by atomic mass is 35.5. The highest BCUT2D eigenvalue weighted by Gasteiger charge is 2.18. The lowest BCUT2D eigenvalue weighted by atomic mass is 10.1. The van der Waals surface area contributed by atoms with Crippen LogP contribution in [0, 0.1) is 4.77 Å². The van der Waals surface area contributed by atoms with Crippen molar-refractivity contribution >= 4 is 35.4 Å². The van der Waals surface area contributed by atoms with E-state index in [2.05, 4.69) is 68.9 Å². The predicted octanol–water partition coefficient (Wildman–Crippen LogP) is 5.14. The maximum Gasteiger partial charge on any atom is 0.240 e. The van der Waals surface area contributed by atoms with Gasteiger partial charge in [0.25, 0.3) is 0 Å². The smallest absolute Gasteiger partial charge is 0.240 e. The first-order valence-corrected chi connectivity index (χ1v) is 11.9. The number of aromatic amines is 1. The fraction of sp³-hybridized carbons (Fsp3) is 0.192. The summed E-state index contributed by atoms with van der Waals surface area (Å²) < 4.78 is 2.08. The Hall–Kier alpha value is -3.42. The van der Waals surface area contributed by atoms with Gasteiger partial charge < -0.3 is 10.2 Å². The molecule has 2 N–H and O–H groups in total. The molecule has 2 heterocycles. The second-order valence-corrected chi connectivity index (χ2v) is 9.16. The average Bonchev–Trinajstić information content (AvgIpc) is 3.43. The van der Waals surface area contributed by atoms with Gasteiger partial charge in [0.2, 0.25) is 5.91 Å². The first-order chi connectivity index (χ1) is 16.6. The van der Waals surface area contributed by atoms with E-state index >= 15 is 0 Å². The molecule has 0 fully saturated rings. The van der Waals surface area contributed by atoms with Gasteiger partial charge in [0, 0.05) is 35.9 Å². The molecule has 1 amide bonds. The van der Waals surface area contributed by atoms with Crippen molar-refractivity contribution in [2.75, 3.05) is 11.4 Å².